The number of benzene rings is 1. The summed E-state index contributed by atoms with van der Waals surface area (Å²) in [7, 11) is 0. The third-order valence-electron chi connectivity index (χ3n) is 2.73. The van der Waals surface area contributed by atoms with Crippen molar-refractivity contribution in [3.05, 3.63) is 48.0 Å². The van der Waals surface area contributed by atoms with Gasteiger partial charge in [0.15, 0.2) is 0 Å². The summed E-state index contributed by atoms with van der Waals surface area (Å²) < 4.78 is 10.5. The van der Waals surface area contributed by atoms with E-state index >= 15 is 0 Å². The van der Waals surface area contributed by atoms with Crippen LogP contribution in [0.3, 0.4) is 0 Å². The van der Waals surface area contributed by atoms with E-state index in [1.807, 2.05) is 24.3 Å². The summed E-state index contributed by atoms with van der Waals surface area (Å²) in [6.07, 6.45) is 3.97. The minimum absolute atomic E-state index is 0.112. The molecular formula is C14H16O3. The highest BCUT2D eigenvalue weighted by Gasteiger charge is 2.17. The molecule has 0 fully saturated rings. The molecule has 2 atom stereocenters. The summed E-state index contributed by atoms with van der Waals surface area (Å²) in [5.41, 5.74) is 1.25. The van der Waals surface area contributed by atoms with Crippen molar-refractivity contribution in [2.45, 2.75) is 18.9 Å². The van der Waals surface area contributed by atoms with Crippen molar-refractivity contribution >= 4 is 5.97 Å². The van der Waals surface area contributed by atoms with Gasteiger partial charge < -0.3 is 9.47 Å². The highest BCUT2D eigenvalue weighted by molar-refractivity contribution is 5.65. The summed E-state index contributed by atoms with van der Waals surface area (Å²) in [5.74, 6) is 0.0250. The van der Waals surface area contributed by atoms with Crippen molar-refractivity contribution in [2.75, 3.05) is 13.2 Å². The lowest BCUT2D eigenvalue weighted by Gasteiger charge is -2.23. The Morgan fingerprint density at radius 2 is 2.12 bits per heavy atom. The van der Waals surface area contributed by atoms with E-state index in [9.17, 15) is 4.79 Å². The van der Waals surface area contributed by atoms with E-state index in [0.29, 0.717) is 19.1 Å². The zero-order chi connectivity index (χ0) is 12.1. The van der Waals surface area contributed by atoms with E-state index in [2.05, 4.69) is 18.2 Å². The standard InChI is InChI=1S/C14H16O3/c1-11(15)16-10-14-8-7-13(9-17-14)12-5-3-2-4-6-12/h2-8,13-14H,9-10H2,1H3/t13-,14-/m0/s1. The molecule has 0 unspecified atom stereocenters. The molecule has 0 aromatic heterocycles. The van der Waals surface area contributed by atoms with Crippen molar-refractivity contribution in [1.82, 2.24) is 0 Å². The smallest absolute Gasteiger partial charge is 0.302 e. The maximum Gasteiger partial charge on any atom is 0.302 e. The first-order chi connectivity index (χ1) is 8.25. The zero-order valence-electron chi connectivity index (χ0n) is 9.84. The maximum absolute atomic E-state index is 10.7. The average Bonchev–Trinajstić information content (AvgIpc) is 2.38. The van der Waals surface area contributed by atoms with Crippen LogP contribution in [0.15, 0.2) is 42.5 Å². The number of rotatable bonds is 3. The van der Waals surface area contributed by atoms with Crippen LogP contribution in [0, 0.1) is 0 Å². The van der Waals surface area contributed by atoms with Crippen molar-refractivity contribution in [3.8, 4) is 0 Å². The van der Waals surface area contributed by atoms with Crippen molar-refractivity contribution in [3.63, 3.8) is 0 Å². The maximum atomic E-state index is 10.7. The molecule has 1 aliphatic heterocycles. The van der Waals surface area contributed by atoms with E-state index in [4.69, 9.17) is 9.47 Å². The molecule has 0 bridgehead atoms. The van der Waals surface area contributed by atoms with Crippen LogP contribution in [-0.4, -0.2) is 25.3 Å². The minimum atomic E-state index is -0.271. The molecule has 3 nitrogen and oxygen atoms in total. The molecule has 0 spiro atoms. The van der Waals surface area contributed by atoms with E-state index in [0.717, 1.165) is 0 Å². The first-order valence-corrected chi connectivity index (χ1v) is 5.74. The molecule has 1 aliphatic rings. The van der Waals surface area contributed by atoms with E-state index in [1.54, 1.807) is 0 Å². The van der Waals surface area contributed by atoms with E-state index in [-0.39, 0.29) is 12.1 Å². The molecule has 0 amide bonds. The van der Waals surface area contributed by atoms with Gasteiger partial charge in [-0.1, -0.05) is 42.5 Å². The lowest BCUT2D eigenvalue weighted by molar-refractivity contribution is -0.144. The predicted molar refractivity (Wildman–Crippen MR) is 64.7 cm³/mol. The second-order valence-corrected chi connectivity index (χ2v) is 4.08. The van der Waals surface area contributed by atoms with Gasteiger partial charge in [0.25, 0.3) is 0 Å². The van der Waals surface area contributed by atoms with Crippen LogP contribution in [0.25, 0.3) is 0 Å². The Bertz CT molecular complexity index is 397. The Labute approximate surface area is 101 Å². The van der Waals surface area contributed by atoms with Crippen molar-refractivity contribution in [1.29, 1.82) is 0 Å². The van der Waals surface area contributed by atoms with E-state index in [1.165, 1.54) is 12.5 Å². The number of ether oxygens (including phenoxy) is 2. The Balaban J connectivity index is 1.91. The molecule has 1 aromatic carbocycles. The van der Waals surface area contributed by atoms with Gasteiger partial charge in [0.1, 0.15) is 12.7 Å². The molecule has 0 aliphatic carbocycles. The summed E-state index contributed by atoms with van der Waals surface area (Å²) >= 11 is 0. The number of carbonyl (C=O) groups is 1. The molecule has 0 saturated carbocycles. The van der Waals surface area contributed by atoms with Crippen molar-refractivity contribution < 1.29 is 14.3 Å². The Hall–Kier alpha value is -1.61. The normalized spacial score (nSPS) is 23.4. The van der Waals surface area contributed by atoms with Crippen molar-refractivity contribution in [2.24, 2.45) is 0 Å². The molecule has 90 valence electrons. The van der Waals surface area contributed by atoms with Crippen LogP contribution in [-0.2, 0) is 14.3 Å². The van der Waals surface area contributed by atoms with Crippen LogP contribution >= 0.6 is 0 Å². The summed E-state index contributed by atoms with van der Waals surface area (Å²) in [6, 6.07) is 10.2. The van der Waals surface area contributed by atoms with E-state index < -0.39 is 0 Å². The highest BCUT2D eigenvalue weighted by Crippen LogP contribution is 2.22. The van der Waals surface area contributed by atoms with Gasteiger partial charge in [0.2, 0.25) is 0 Å². The third kappa shape index (κ3) is 3.43. The molecule has 0 saturated heterocycles. The lowest BCUT2D eigenvalue weighted by Crippen LogP contribution is -2.25. The zero-order valence-corrected chi connectivity index (χ0v) is 9.84. The Kier molecular flexibility index (Phi) is 3.94. The van der Waals surface area contributed by atoms with Gasteiger partial charge in [0, 0.05) is 12.8 Å². The van der Waals surface area contributed by atoms with Gasteiger partial charge in [-0.3, -0.25) is 4.79 Å². The molecule has 0 N–H and O–H groups in total. The molecule has 1 heterocycles. The van der Waals surface area contributed by atoms with Crippen LogP contribution in [0.4, 0.5) is 0 Å². The summed E-state index contributed by atoms with van der Waals surface area (Å²) in [6.45, 7) is 2.33. The van der Waals surface area contributed by atoms with Gasteiger partial charge in [-0.25, -0.2) is 0 Å². The molecular weight excluding hydrogens is 216 g/mol. The second kappa shape index (κ2) is 5.64. The minimum Gasteiger partial charge on any atom is -0.463 e. The number of carbonyl (C=O) groups excluding carboxylic acids is 1. The quantitative estimate of drug-likeness (QED) is 0.592. The molecule has 3 heteroatoms. The topological polar surface area (TPSA) is 35.5 Å². The van der Waals surface area contributed by atoms with Crippen LogP contribution < -0.4 is 0 Å². The fraction of sp³-hybridized carbons (Fsp3) is 0.357. The molecule has 1 aromatic rings. The third-order valence-corrected chi connectivity index (χ3v) is 2.73. The largest absolute Gasteiger partial charge is 0.463 e. The highest BCUT2D eigenvalue weighted by atomic mass is 16.6. The predicted octanol–water partition coefficient (Wildman–Crippen LogP) is 2.29. The molecule has 0 radical (unpaired) electrons. The fourth-order valence-corrected chi connectivity index (χ4v) is 1.81. The van der Waals surface area contributed by atoms with Crippen LogP contribution in [0.2, 0.25) is 0 Å². The van der Waals surface area contributed by atoms with Gasteiger partial charge in [-0.2, -0.15) is 0 Å². The Morgan fingerprint density at radius 3 is 2.71 bits per heavy atom. The number of hydrogen-bond donors (Lipinski definition) is 0. The second-order valence-electron chi connectivity index (χ2n) is 4.08. The first-order valence-electron chi connectivity index (χ1n) is 5.74. The molecule has 17 heavy (non-hydrogen) atoms. The lowest BCUT2D eigenvalue weighted by atomic mass is 9.97. The molecule has 2 rings (SSSR count). The first kappa shape index (κ1) is 11.9. The average molecular weight is 232 g/mol. The van der Waals surface area contributed by atoms with Crippen LogP contribution in [0.5, 0.6) is 0 Å². The Morgan fingerprint density at radius 1 is 1.35 bits per heavy atom. The summed E-state index contributed by atoms with van der Waals surface area (Å²) in [4.78, 5) is 10.7. The van der Waals surface area contributed by atoms with Gasteiger partial charge in [-0.15, -0.1) is 0 Å². The van der Waals surface area contributed by atoms with Gasteiger partial charge in [0.05, 0.1) is 6.61 Å². The monoisotopic (exact) mass is 232 g/mol. The van der Waals surface area contributed by atoms with Gasteiger partial charge >= 0.3 is 5.97 Å². The SMILES string of the molecule is CC(=O)OC[C@@H]1C=C[C@H](c2ccccc2)CO1. The fourth-order valence-electron chi connectivity index (χ4n) is 1.81. The van der Waals surface area contributed by atoms with Crippen LogP contribution in [0.1, 0.15) is 18.4 Å². The number of hydrogen-bond acceptors (Lipinski definition) is 3. The number of esters is 1. The van der Waals surface area contributed by atoms with Gasteiger partial charge in [-0.05, 0) is 5.56 Å². The summed E-state index contributed by atoms with van der Waals surface area (Å²) in [5, 5.41) is 0.